The largest absolute Gasteiger partial charge is 0.342 e. The zero-order chi connectivity index (χ0) is 12.0. The van der Waals surface area contributed by atoms with E-state index in [-0.39, 0.29) is 36.6 Å². The molecule has 2 saturated heterocycles. The fourth-order valence-electron chi connectivity index (χ4n) is 3.14. The predicted molar refractivity (Wildman–Crippen MR) is 56.8 cm³/mol. The summed E-state index contributed by atoms with van der Waals surface area (Å²) in [6.45, 7) is 0.567. The standard InChI is InChI=1S/C12H13NO4/c14-6-8-2-4-13-11(16)7-17-12(13)3-1-9(15)5-10(8)12/h1,3,6,8,10H,2,4-5,7H2/t8-,10?,12-/m0/s1. The molecule has 2 heterocycles. The topological polar surface area (TPSA) is 63.7 Å². The number of piperidine rings is 1. The Balaban J connectivity index is 2.06. The van der Waals surface area contributed by atoms with Gasteiger partial charge in [-0.3, -0.25) is 9.59 Å². The van der Waals surface area contributed by atoms with E-state index in [9.17, 15) is 14.4 Å². The lowest BCUT2D eigenvalue weighted by Gasteiger charge is -2.48. The molecule has 5 heteroatoms. The minimum absolute atomic E-state index is 0.00252. The van der Waals surface area contributed by atoms with Gasteiger partial charge in [0.2, 0.25) is 0 Å². The molecule has 1 spiro atoms. The Morgan fingerprint density at radius 3 is 3.06 bits per heavy atom. The summed E-state index contributed by atoms with van der Waals surface area (Å²) in [5.41, 5.74) is -0.838. The molecule has 0 radical (unpaired) electrons. The summed E-state index contributed by atoms with van der Waals surface area (Å²) < 4.78 is 5.62. The van der Waals surface area contributed by atoms with Crippen LogP contribution < -0.4 is 0 Å². The van der Waals surface area contributed by atoms with Crippen LogP contribution in [0.4, 0.5) is 0 Å². The summed E-state index contributed by atoms with van der Waals surface area (Å²) in [4.78, 5) is 36.0. The molecule has 0 aromatic carbocycles. The van der Waals surface area contributed by atoms with Gasteiger partial charge in [-0.15, -0.1) is 0 Å². The van der Waals surface area contributed by atoms with Crippen LogP contribution in [0.15, 0.2) is 12.2 Å². The van der Waals surface area contributed by atoms with Gasteiger partial charge in [0.05, 0.1) is 0 Å². The second kappa shape index (κ2) is 3.50. The van der Waals surface area contributed by atoms with Gasteiger partial charge in [0.1, 0.15) is 12.9 Å². The van der Waals surface area contributed by atoms with E-state index in [1.54, 1.807) is 11.0 Å². The molecule has 1 unspecified atom stereocenters. The molecule has 5 nitrogen and oxygen atoms in total. The highest BCUT2D eigenvalue weighted by Crippen LogP contribution is 2.45. The summed E-state index contributed by atoms with van der Waals surface area (Å²) in [7, 11) is 0. The molecule has 0 saturated carbocycles. The smallest absolute Gasteiger partial charge is 0.251 e. The summed E-state index contributed by atoms with van der Waals surface area (Å²) in [6, 6.07) is 0. The SMILES string of the molecule is O=C[C@@H]1CCN2C(=O)CO[C@]23C=CC(=O)CC13. The molecule has 0 bridgehead atoms. The fourth-order valence-corrected chi connectivity index (χ4v) is 3.14. The highest BCUT2D eigenvalue weighted by molar-refractivity contribution is 5.92. The first-order valence-electron chi connectivity index (χ1n) is 5.79. The van der Waals surface area contributed by atoms with Crippen LogP contribution in [0.2, 0.25) is 0 Å². The molecule has 0 N–H and O–H groups in total. The van der Waals surface area contributed by atoms with Crippen LogP contribution in [-0.2, 0) is 19.1 Å². The molecule has 0 aromatic heterocycles. The van der Waals surface area contributed by atoms with E-state index in [2.05, 4.69) is 0 Å². The number of rotatable bonds is 1. The van der Waals surface area contributed by atoms with Gasteiger partial charge in [0, 0.05) is 24.8 Å². The molecule has 0 aromatic rings. The maximum atomic E-state index is 11.7. The number of allylic oxidation sites excluding steroid dienone is 1. The van der Waals surface area contributed by atoms with E-state index in [4.69, 9.17) is 4.74 Å². The van der Waals surface area contributed by atoms with Gasteiger partial charge in [-0.05, 0) is 18.6 Å². The number of ketones is 1. The molecule has 1 amide bonds. The van der Waals surface area contributed by atoms with Crippen LogP contribution in [-0.4, -0.2) is 41.8 Å². The third-order valence-electron chi connectivity index (χ3n) is 3.99. The lowest BCUT2D eigenvalue weighted by molar-refractivity contribution is -0.157. The van der Waals surface area contributed by atoms with E-state index in [0.29, 0.717) is 13.0 Å². The van der Waals surface area contributed by atoms with Gasteiger partial charge in [0.15, 0.2) is 11.5 Å². The normalized spacial score (nSPS) is 40.1. The number of ether oxygens (including phenoxy) is 1. The van der Waals surface area contributed by atoms with Crippen molar-refractivity contribution in [1.82, 2.24) is 4.90 Å². The zero-order valence-electron chi connectivity index (χ0n) is 9.30. The van der Waals surface area contributed by atoms with E-state index >= 15 is 0 Å². The molecule has 90 valence electrons. The van der Waals surface area contributed by atoms with Gasteiger partial charge in [-0.25, -0.2) is 0 Å². The monoisotopic (exact) mass is 235 g/mol. The lowest BCUT2D eigenvalue weighted by atomic mass is 9.72. The number of nitrogens with zero attached hydrogens (tertiary/aromatic N) is 1. The van der Waals surface area contributed by atoms with Crippen LogP contribution >= 0.6 is 0 Å². The van der Waals surface area contributed by atoms with Crippen molar-refractivity contribution in [1.29, 1.82) is 0 Å². The third kappa shape index (κ3) is 1.32. The fraction of sp³-hybridized carbons (Fsp3) is 0.583. The summed E-state index contributed by atoms with van der Waals surface area (Å²) in [5, 5.41) is 0. The first kappa shape index (κ1) is 10.7. The van der Waals surface area contributed by atoms with Crippen LogP contribution in [0.5, 0.6) is 0 Å². The molecular weight excluding hydrogens is 222 g/mol. The van der Waals surface area contributed by atoms with Crippen LogP contribution in [0.3, 0.4) is 0 Å². The van der Waals surface area contributed by atoms with Crippen molar-refractivity contribution in [3.8, 4) is 0 Å². The molecule has 3 aliphatic rings. The number of hydrogen-bond donors (Lipinski definition) is 0. The Hall–Kier alpha value is -1.49. The van der Waals surface area contributed by atoms with Gasteiger partial charge >= 0.3 is 0 Å². The molecular formula is C12H13NO4. The van der Waals surface area contributed by atoms with E-state index in [0.717, 1.165) is 6.29 Å². The number of aldehydes is 1. The van der Waals surface area contributed by atoms with E-state index in [1.165, 1.54) is 6.08 Å². The molecule has 2 fully saturated rings. The number of hydrogen-bond acceptors (Lipinski definition) is 4. The first-order valence-corrected chi connectivity index (χ1v) is 5.79. The molecule has 1 aliphatic carbocycles. The Morgan fingerprint density at radius 1 is 1.47 bits per heavy atom. The van der Waals surface area contributed by atoms with Crippen molar-refractivity contribution < 1.29 is 19.1 Å². The first-order chi connectivity index (χ1) is 8.17. The molecule has 2 aliphatic heterocycles. The van der Waals surface area contributed by atoms with Crippen LogP contribution in [0, 0.1) is 11.8 Å². The Bertz CT molecular complexity index is 430. The number of amides is 1. The minimum atomic E-state index is -0.838. The van der Waals surface area contributed by atoms with E-state index in [1.807, 2.05) is 0 Å². The van der Waals surface area contributed by atoms with Gasteiger partial charge in [0.25, 0.3) is 5.91 Å². The van der Waals surface area contributed by atoms with Crippen LogP contribution in [0.1, 0.15) is 12.8 Å². The van der Waals surface area contributed by atoms with Crippen molar-refractivity contribution in [3.63, 3.8) is 0 Å². The second-order valence-electron chi connectivity index (χ2n) is 4.78. The Kier molecular flexibility index (Phi) is 2.19. The number of carbonyl (C=O) groups excluding carboxylic acids is 3. The number of carbonyl (C=O) groups is 3. The maximum Gasteiger partial charge on any atom is 0.251 e. The summed E-state index contributed by atoms with van der Waals surface area (Å²) in [6.07, 6.45) is 4.91. The van der Waals surface area contributed by atoms with Crippen molar-refractivity contribution >= 4 is 18.0 Å². The van der Waals surface area contributed by atoms with Crippen molar-refractivity contribution in [3.05, 3.63) is 12.2 Å². The molecule has 3 atom stereocenters. The van der Waals surface area contributed by atoms with E-state index < -0.39 is 5.72 Å². The third-order valence-corrected chi connectivity index (χ3v) is 3.99. The predicted octanol–water partition coefficient (Wildman–Crippen LogP) is -0.0945. The summed E-state index contributed by atoms with van der Waals surface area (Å²) in [5.74, 6) is -0.487. The Morgan fingerprint density at radius 2 is 2.29 bits per heavy atom. The summed E-state index contributed by atoms with van der Waals surface area (Å²) >= 11 is 0. The lowest BCUT2D eigenvalue weighted by Crippen LogP contribution is -2.59. The highest BCUT2D eigenvalue weighted by atomic mass is 16.5. The minimum Gasteiger partial charge on any atom is -0.342 e. The van der Waals surface area contributed by atoms with Crippen molar-refractivity contribution in [2.45, 2.75) is 18.6 Å². The highest BCUT2D eigenvalue weighted by Gasteiger charge is 2.57. The van der Waals surface area contributed by atoms with Gasteiger partial charge in [-0.2, -0.15) is 0 Å². The van der Waals surface area contributed by atoms with Crippen LogP contribution in [0.25, 0.3) is 0 Å². The second-order valence-corrected chi connectivity index (χ2v) is 4.78. The Labute approximate surface area is 98.4 Å². The maximum absolute atomic E-state index is 11.7. The average Bonchev–Trinajstić information content (AvgIpc) is 2.66. The van der Waals surface area contributed by atoms with Crippen molar-refractivity contribution in [2.75, 3.05) is 13.2 Å². The zero-order valence-corrected chi connectivity index (χ0v) is 9.30. The van der Waals surface area contributed by atoms with Crippen molar-refractivity contribution in [2.24, 2.45) is 11.8 Å². The van der Waals surface area contributed by atoms with Gasteiger partial charge in [-0.1, -0.05) is 0 Å². The molecule has 3 rings (SSSR count). The average molecular weight is 235 g/mol. The quantitative estimate of drug-likeness (QED) is 0.596. The van der Waals surface area contributed by atoms with Gasteiger partial charge < -0.3 is 14.4 Å². The molecule has 17 heavy (non-hydrogen) atoms.